The molecule has 1 aromatic heterocycles. The minimum absolute atomic E-state index is 0.155. The first-order chi connectivity index (χ1) is 12.8. The van der Waals surface area contributed by atoms with Crippen molar-refractivity contribution in [2.24, 2.45) is 5.92 Å². The van der Waals surface area contributed by atoms with Crippen LogP contribution in [0.15, 0.2) is 36.7 Å². The number of amides is 2. The number of rotatable bonds is 5. The van der Waals surface area contributed by atoms with E-state index in [4.69, 9.17) is 4.74 Å². The van der Waals surface area contributed by atoms with Crippen LogP contribution in [-0.4, -0.2) is 54.8 Å². The lowest BCUT2D eigenvalue weighted by atomic mass is 9.97. The van der Waals surface area contributed by atoms with E-state index in [0.29, 0.717) is 18.5 Å². The number of nitrogens with one attached hydrogen (secondary N) is 2. The molecule has 2 atom stereocenters. The van der Waals surface area contributed by atoms with Crippen LogP contribution in [0.2, 0.25) is 0 Å². The van der Waals surface area contributed by atoms with E-state index in [1.165, 1.54) is 12.8 Å². The summed E-state index contributed by atoms with van der Waals surface area (Å²) in [5, 5.41) is 8.10. The van der Waals surface area contributed by atoms with Crippen molar-refractivity contribution < 1.29 is 9.53 Å². The molecule has 6 heteroatoms. The maximum atomic E-state index is 12.5. The SMILES string of the molecule is O=C(NC[C@H]([C@@H]1CCOC1)N1CCCC1)Nc1cccc2cnccc12. The number of carbonyl (C=O) groups excluding carboxylic acids is 1. The molecule has 0 aliphatic carbocycles. The zero-order valence-corrected chi connectivity index (χ0v) is 15.0. The third-order valence-corrected chi connectivity index (χ3v) is 5.52. The number of urea groups is 1. The Morgan fingerprint density at radius 3 is 3.00 bits per heavy atom. The number of aromatic nitrogens is 1. The van der Waals surface area contributed by atoms with Gasteiger partial charge in [-0.1, -0.05) is 12.1 Å². The highest BCUT2D eigenvalue weighted by atomic mass is 16.5. The van der Waals surface area contributed by atoms with E-state index in [9.17, 15) is 4.79 Å². The second kappa shape index (κ2) is 8.01. The summed E-state index contributed by atoms with van der Waals surface area (Å²) in [5.41, 5.74) is 0.810. The number of anilines is 1. The lowest BCUT2D eigenvalue weighted by Crippen LogP contribution is -2.48. The third kappa shape index (κ3) is 3.81. The van der Waals surface area contributed by atoms with Crippen molar-refractivity contribution >= 4 is 22.5 Å². The van der Waals surface area contributed by atoms with Crippen LogP contribution < -0.4 is 10.6 Å². The summed E-state index contributed by atoms with van der Waals surface area (Å²) in [5.74, 6) is 0.511. The highest BCUT2D eigenvalue weighted by molar-refractivity contribution is 6.01. The van der Waals surface area contributed by atoms with Gasteiger partial charge in [-0.05, 0) is 44.5 Å². The summed E-state index contributed by atoms with van der Waals surface area (Å²) in [7, 11) is 0. The van der Waals surface area contributed by atoms with Gasteiger partial charge in [0.05, 0.1) is 12.3 Å². The predicted molar refractivity (Wildman–Crippen MR) is 102 cm³/mol. The van der Waals surface area contributed by atoms with Crippen LogP contribution >= 0.6 is 0 Å². The molecule has 26 heavy (non-hydrogen) atoms. The van der Waals surface area contributed by atoms with Crippen molar-refractivity contribution in [1.29, 1.82) is 0 Å². The molecular weight excluding hydrogens is 328 g/mol. The maximum Gasteiger partial charge on any atom is 0.319 e. The minimum atomic E-state index is -0.155. The Morgan fingerprint density at radius 1 is 1.31 bits per heavy atom. The van der Waals surface area contributed by atoms with Gasteiger partial charge in [-0.3, -0.25) is 9.88 Å². The summed E-state index contributed by atoms with van der Waals surface area (Å²) in [4.78, 5) is 19.2. The van der Waals surface area contributed by atoms with E-state index in [2.05, 4.69) is 20.5 Å². The third-order valence-electron chi connectivity index (χ3n) is 5.52. The fourth-order valence-corrected chi connectivity index (χ4v) is 4.12. The molecule has 0 unspecified atom stereocenters. The summed E-state index contributed by atoms with van der Waals surface area (Å²) >= 11 is 0. The van der Waals surface area contributed by atoms with Gasteiger partial charge in [0.15, 0.2) is 0 Å². The van der Waals surface area contributed by atoms with Crippen LogP contribution in [0.5, 0.6) is 0 Å². The van der Waals surface area contributed by atoms with Gasteiger partial charge in [0.25, 0.3) is 0 Å². The second-order valence-corrected chi connectivity index (χ2v) is 7.17. The van der Waals surface area contributed by atoms with E-state index in [1.807, 2.05) is 30.5 Å². The average molecular weight is 354 g/mol. The molecule has 138 valence electrons. The number of fused-ring (bicyclic) bond motifs is 1. The van der Waals surface area contributed by atoms with Crippen LogP contribution in [0.1, 0.15) is 19.3 Å². The number of carbonyl (C=O) groups is 1. The Kier molecular flexibility index (Phi) is 5.32. The lowest BCUT2D eigenvalue weighted by molar-refractivity contribution is 0.135. The molecule has 0 spiro atoms. The Bertz CT molecular complexity index is 733. The standard InChI is InChI=1S/C20H26N4O2/c25-20(23-18-5-3-4-15-12-21-8-6-17(15)18)22-13-19(16-7-11-26-14-16)24-9-1-2-10-24/h3-6,8,12,16,19H,1-2,7,9-11,13-14H2,(H2,22,23,25)/t16-,19-/m1/s1. The predicted octanol–water partition coefficient (Wildman–Crippen LogP) is 2.86. The smallest absolute Gasteiger partial charge is 0.319 e. The first kappa shape index (κ1) is 17.2. The van der Waals surface area contributed by atoms with Crippen LogP contribution in [-0.2, 0) is 4.74 Å². The number of ether oxygens (including phenoxy) is 1. The van der Waals surface area contributed by atoms with Gasteiger partial charge in [0.1, 0.15) is 0 Å². The maximum absolute atomic E-state index is 12.5. The minimum Gasteiger partial charge on any atom is -0.381 e. The van der Waals surface area contributed by atoms with Gasteiger partial charge in [0, 0.05) is 48.3 Å². The molecular formula is C20H26N4O2. The van der Waals surface area contributed by atoms with Crippen LogP contribution in [0.3, 0.4) is 0 Å². The fraction of sp³-hybridized carbons (Fsp3) is 0.500. The van der Waals surface area contributed by atoms with Crippen LogP contribution in [0.4, 0.5) is 10.5 Å². The van der Waals surface area contributed by atoms with Gasteiger partial charge in [-0.2, -0.15) is 0 Å². The molecule has 0 bridgehead atoms. The molecule has 1 aromatic carbocycles. The monoisotopic (exact) mass is 354 g/mol. The van der Waals surface area contributed by atoms with Crippen molar-refractivity contribution in [3.8, 4) is 0 Å². The van der Waals surface area contributed by atoms with Crippen molar-refractivity contribution in [2.75, 3.05) is 38.2 Å². The second-order valence-electron chi connectivity index (χ2n) is 7.17. The fourth-order valence-electron chi connectivity index (χ4n) is 4.12. The zero-order chi connectivity index (χ0) is 17.8. The van der Waals surface area contributed by atoms with Gasteiger partial charge in [0.2, 0.25) is 0 Å². The number of pyridine rings is 1. The Balaban J connectivity index is 1.40. The number of hydrogen-bond acceptors (Lipinski definition) is 4. The first-order valence-electron chi connectivity index (χ1n) is 9.50. The van der Waals surface area contributed by atoms with E-state index < -0.39 is 0 Å². The first-order valence-corrected chi connectivity index (χ1v) is 9.50. The van der Waals surface area contributed by atoms with Crippen molar-refractivity contribution in [2.45, 2.75) is 25.3 Å². The quantitative estimate of drug-likeness (QED) is 0.866. The lowest BCUT2D eigenvalue weighted by Gasteiger charge is -2.32. The van der Waals surface area contributed by atoms with E-state index in [-0.39, 0.29) is 6.03 Å². The molecule has 6 nitrogen and oxygen atoms in total. The molecule has 2 N–H and O–H groups in total. The molecule has 3 heterocycles. The van der Waals surface area contributed by atoms with Gasteiger partial charge in [-0.25, -0.2) is 4.79 Å². The number of hydrogen-bond donors (Lipinski definition) is 2. The van der Waals surface area contributed by atoms with Crippen molar-refractivity contribution in [3.05, 3.63) is 36.7 Å². The molecule has 0 saturated carbocycles. The van der Waals surface area contributed by atoms with E-state index in [0.717, 1.165) is 49.2 Å². The Hall–Kier alpha value is -2.18. The molecule has 2 aromatic rings. The van der Waals surface area contributed by atoms with Gasteiger partial charge in [-0.15, -0.1) is 0 Å². The highest BCUT2D eigenvalue weighted by Gasteiger charge is 2.32. The highest BCUT2D eigenvalue weighted by Crippen LogP contribution is 2.25. The molecule has 2 fully saturated rings. The Labute approximate surface area is 153 Å². The largest absolute Gasteiger partial charge is 0.381 e. The summed E-state index contributed by atoms with van der Waals surface area (Å²) < 4.78 is 5.59. The van der Waals surface area contributed by atoms with Crippen molar-refractivity contribution in [3.63, 3.8) is 0 Å². The van der Waals surface area contributed by atoms with Gasteiger partial charge >= 0.3 is 6.03 Å². The van der Waals surface area contributed by atoms with E-state index in [1.54, 1.807) is 6.20 Å². The molecule has 2 amide bonds. The summed E-state index contributed by atoms with van der Waals surface area (Å²) in [6, 6.07) is 7.98. The number of benzene rings is 1. The molecule has 0 radical (unpaired) electrons. The molecule has 2 aliphatic heterocycles. The summed E-state index contributed by atoms with van der Waals surface area (Å²) in [6.45, 7) is 4.56. The molecule has 4 rings (SSSR count). The Morgan fingerprint density at radius 2 is 2.19 bits per heavy atom. The van der Waals surface area contributed by atoms with Crippen molar-refractivity contribution in [1.82, 2.24) is 15.2 Å². The number of likely N-dealkylation sites (tertiary alicyclic amines) is 1. The van der Waals surface area contributed by atoms with Crippen LogP contribution in [0.25, 0.3) is 10.8 Å². The molecule has 2 aliphatic rings. The average Bonchev–Trinajstić information content (AvgIpc) is 3.37. The summed E-state index contributed by atoms with van der Waals surface area (Å²) in [6.07, 6.45) is 7.14. The number of nitrogens with zero attached hydrogens (tertiary/aromatic N) is 2. The zero-order valence-electron chi connectivity index (χ0n) is 15.0. The topological polar surface area (TPSA) is 66.5 Å². The molecule has 2 saturated heterocycles. The normalized spacial score (nSPS) is 21.8. The van der Waals surface area contributed by atoms with E-state index >= 15 is 0 Å². The van der Waals surface area contributed by atoms with Crippen LogP contribution in [0, 0.1) is 5.92 Å². The van der Waals surface area contributed by atoms with Gasteiger partial charge < -0.3 is 15.4 Å².